The minimum absolute atomic E-state index is 0.0494. The van der Waals surface area contributed by atoms with Gasteiger partial charge in [-0.2, -0.15) is 0 Å². The van der Waals surface area contributed by atoms with Gasteiger partial charge in [0.25, 0.3) is 0 Å². The van der Waals surface area contributed by atoms with Crippen LogP contribution in [0.15, 0.2) is 0 Å². The van der Waals surface area contributed by atoms with Crippen molar-refractivity contribution in [2.75, 3.05) is 27.4 Å². The third kappa shape index (κ3) is 10.4. The number of ether oxygens (including phenoxy) is 2. The first-order valence-electron chi connectivity index (χ1n) is 2.90. The number of rotatable bonds is 3. The highest BCUT2D eigenvalue weighted by atomic mass is 16.6. The van der Waals surface area contributed by atoms with Gasteiger partial charge in [0.15, 0.2) is 0 Å². The normalized spacial score (nSPS) is 7.60. The molecular weight excluding hydrogens is 136 g/mol. The van der Waals surface area contributed by atoms with Crippen LogP contribution >= 0.6 is 0 Å². The van der Waals surface area contributed by atoms with E-state index in [1.165, 1.54) is 7.11 Å². The molecule has 0 saturated carbocycles. The summed E-state index contributed by atoms with van der Waals surface area (Å²) >= 11 is 0. The molecule has 0 aliphatic rings. The fourth-order valence-corrected chi connectivity index (χ4v) is 0.321. The van der Waals surface area contributed by atoms with Gasteiger partial charge in [-0.15, -0.1) is 0 Å². The maximum atomic E-state index is 10.3. The second-order valence-electron chi connectivity index (χ2n) is 1.24. The molecule has 0 aromatic carbocycles. The van der Waals surface area contributed by atoms with Gasteiger partial charge in [0.05, 0.1) is 6.61 Å². The quantitative estimate of drug-likeness (QED) is 0.566. The molecule has 0 aromatic rings. The summed E-state index contributed by atoms with van der Waals surface area (Å²) in [5.74, 6) is -0.310. The molecule has 0 aromatic heterocycles. The summed E-state index contributed by atoms with van der Waals surface area (Å²) in [6.07, 6.45) is 0. The molecule has 0 radical (unpaired) electrons. The lowest BCUT2D eigenvalue weighted by molar-refractivity contribution is -0.147. The highest BCUT2D eigenvalue weighted by molar-refractivity contribution is 5.70. The van der Waals surface area contributed by atoms with Crippen LogP contribution in [0, 0.1) is 0 Å². The molecule has 0 saturated heterocycles. The van der Waals surface area contributed by atoms with Gasteiger partial charge in [0.2, 0.25) is 0 Å². The van der Waals surface area contributed by atoms with E-state index < -0.39 is 0 Å². The van der Waals surface area contributed by atoms with Gasteiger partial charge in [0, 0.05) is 14.2 Å². The molecule has 0 atom stereocenters. The van der Waals surface area contributed by atoms with Crippen LogP contribution in [-0.2, 0) is 14.3 Å². The number of methoxy groups -OCH3 is 1. The van der Waals surface area contributed by atoms with Crippen LogP contribution in [0.5, 0.6) is 0 Å². The highest BCUT2D eigenvalue weighted by Gasteiger charge is 1.96. The molecule has 0 amide bonds. The summed E-state index contributed by atoms with van der Waals surface area (Å²) in [6, 6.07) is 0. The topological polar surface area (TPSA) is 55.8 Å². The van der Waals surface area contributed by atoms with Gasteiger partial charge < -0.3 is 14.6 Å². The fraction of sp³-hybridized carbons (Fsp3) is 0.833. The molecule has 0 aliphatic heterocycles. The summed E-state index contributed by atoms with van der Waals surface area (Å²) < 4.78 is 9.00. The van der Waals surface area contributed by atoms with E-state index >= 15 is 0 Å². The lowest BCUT2D eigenvalue weighted by Crippen LogP contribution is -2.10. The Balaban J connectivity index is 0. The largest absolute Gasteiger partial charge is 0.464 e. The molecular formula is C6H14O4. The number of hydrogen-bond acceptors (Lipinski definition) is 4. The summed E-state index contributed by atoms with van der Waals surface area (Å²) in [4.78, 5) is 10.3. The molecule has 0 rings (SSSR count). The van der Waals surface area contributed by atoms with Crippen molar-refractivity contribution in [1.82, 2.24) is 0 Å². The first-order valence-corrected chi connectivity index (χ1v) is 2.90. The van der Waals surface area contributed by atoms with Crippen molar-refractivity contribution in [3.8, 4) is 0 Å². The van der Waals surface area contributed by atoms with Crippen LogP contribution in [0.1, 0.15) is 6.92 Å². The van der Waals surface area contributed by atoms with Gasteiger partial charge in [0.1, 0.15) is 6.61 Å². The second kappa shape index (κ2) is 11.2. The van der Waals surface area contributed by atoms with E-state index in [9.17, 15) is 4.79 Å². The Kier molecular flexibility index (Phi) is 13.6. The van der Waals surface area contributed by atoms with E-state index in [0.717, 1.165) is 7.11 Å². The minimum Gasteiger partial charge on any atom is -0.464 e. The molecule has 0 fully saturated rings. The van der Waals surface area contributed by atoms with Gasteiger partial charge in [-0.25, -0.2) is 4.79 Å². The summed E-state index contributed by atoms with van der Waals surface area (Å²) in [6.45, 7) is 2.23. The maximum absolute atomic E-state index is 10.3. The van der Waals surface area contributed by atoms with E-state index in [4.69, 9.17) is 5.11 Å². The fourth-order valence-electron chi connectivity index (χ4n) is 0.321. The van der Waals surface area contributed by atoms with E-state index in [0.29, 0.717) is 6.61 Å². The average Bonchev–Trinajstić information content (AvgIpc) is 1.93. The number of hydrogen-bond donors (Lipinski definition) is 1. The zero-order valence-corrected chi connectivity index (χ0v) is 6.59. The van der Waals surface area contributed by atoms with E-state index in [1.54, 1.807) is 6.92 Å². The van der Waals surface area contributed by atoms with Crippen LogP contribution in [0.25, 0.3) is 0 Å². The number of carbonyl (C=O) groups excluding carboxylic acids is 1. The molecule has 4 heteroatoms. The van der Waals surface area contributed by atoms with Crippen LogP contribution in [0.2, 0.25) is 0 Å². The number of esters is 1. The molecule has 0 unspecified atom stereocenters. The number of aliphatic hydroxyl groups excluding tert-OH is 1. The Labute approximate surface area is 60.8 Å². The zero-order valence-electron chi connectivity index (χ0n) is 6.59. The van der Waals surface area contributed by atoms with Crippen LogP contribution in [0.4, 0.5) is 0 Å². The van der Waals surface area contributed by atoms with Crippen molar-refractivity contribution in [2.24, 2.45) is 0 Å². The average molecular weight is 150 g/mol. The lowest BCUT2D eigenvalue weighted by Gasteiger charge is -1.97. The highest BCUT2D eigenvalue weighted by Crippen LogP contribution is 1.76. The Bertz CT molecular complexity index is 64.1. The van der Waals surface area contributed by atoms with Crippen molar-refractivity contribution < 1.29 is 19.4 Å². The third-order valence-corrected chi connectivity index (χ3v) is 0.568. The van der Waals surface area contributed by atoms with E-state index in [1.807, 2.05) is 0 Å². The van der Waals surface area contributed by atoms with Crippen molar-refractivity contribution >= 4 is 5.97 Å². The Morgan fingerprint density at radius 2 is 2.00 bits per heavy atom. The van der Waals surface area contributed by atoms with Gasteiger partial charge in [-0.3, -0.25) is 0 Å². The third-order valence-electron chi connectivity index (χ3n) is 0.568. The molecule has 0 heterocycles. The van der Waals surface area contributed by atoms with Gasteiger partial charge in [-0.1, -0.05) is 0 Å². The molecule has 0 aliphatic carbocycles. The zero-order chi connectivity index (χ0) is 8.41. The molecule has 0 bridgehead atoms. The van der Waals surface area contributed by atoms with Crippen molar-refractivity contribution in [2.45, 2.75) is 6.92 Å². The monoisotopic (exact) mass is 150 g/mol. The summed E-state index contributed by atoms with van der Waals surface area (Å²) in [5.41, 5.74) is 0. The maximum Gasteiger partial charge on any atom is 0.332 e. The summed E-state index contributed by atoms with van der Waals surface area (Å²) in [7, 11) is 2.46. The SMILES string of the molecule is CCOC(=O)COC.CO. The van der Waals surface area contributed by atoms with Crippen molar-refractivity contribution in [3.63, 3.8) is 0 Å². The predicted octanol–water partition coefficient (Wildman–Crippen LogP) is -0.196. The van der Waals surface area contributed by atoms with E-state index in [2.05, 4.69) is 9.47 Å². The molecule has 10 heavy (non-hydrogen) atoms. The summed E-state index contributed by atoms with van der Waals surface area (Å²) in [5, 5.41) is 7.00. The van der Waals surface area contributed by atoms with Gasteiger partial charge in [-0.05, 0) is 6.92 Å². The van der Waals surface area contributed by atoms with Crippen LogP contribution in [-0.4, -0.2) is 38.5 Å². The Morgan fingerprint density at radius 1 is 1.50 bits per heavy atom. The van der Waals surface area contributed by atoms with Crippen LogP contribution < -0.4 is 0 Å². The first kappa shape index (κ1) is 12.1. The molecule has 62 valence electrons. The molecule has 0 spiro atoms. The predicted molar refractivity (Wildman–Crippen MR) is 36.7 cm³/mol. The Morgan fingerprint density at radius 3 is 2.30 bits per heavy atom. The first-order chi connectivity index (χ1) is 4.81. The second-order valence-corrected chi connectivity index (χ2v) is 1.24. The molecule has 4 nitrogen and oxygen atoms in total. The number of carbonyl (C=O) groups is 1. The minimum atomic E-state index is -0.310. The standard InChI is InChI=1S/C5H10O3.CH4O/c1-3-8-5(6)4-7-2;1-2/h3-4H2,1-2H3;2H,1H3. The molecule has 1 N–H and O–H groups in total. The smallest absolute Gasteiger partial charge is 0.332 e. The Hall–Kier alpha value is -0.610. The van der Waals surface area contributed by atoms with Crippen molar-refractivity contribution in [3.05, 3.63) is 0 Å². The number of aliphatic hydroxyl groups is 1. The van der Waals surface area contributed by atoms with Crippen LogP contribution in [0.3, 0.4) is 0 Å². The lowest BCUT2D eigenvalue weighted by atomic mass is 10.7. The van der Waals surface area contributed by atoms with Crippen molar-refractivity contribution in [1.29, 1.82) is 0 Å². The van der Waals surface area contributed by atoms with Gasteiger partial charge >= 0.3 is 5.97 Å². The van der Waals surface area contributed by atoms with E-state index in [-0.39, 0.29) is 12.6 Å².